The van der Waals surface area contributed by atoms with Gasteiger partial charge in [0.2, 0.25) is 5.91 Å². The van der Waals surface area contributed by atoms with Crippen molar-refractivity contribution in [1.82, 2.24) is 10.2 Å². The Morgan fingerprint density at radius 3 is 2.16 bits per heavy atom. The third-order valence-electron chi connectivity index (χ3n) is 5.16. The van der Waals surface area contributed by atoms with E-state index in [-0.39, 0.29) is 18.4 Å². The molecule has 0 saturated carbocycles. The number of carbonyl (C=O) groups is 2. The number of amides is 2. The number of carbonyl (C=O) groups excluding carboxylic acids is 2. The summed E-state index contributed by atoms with van der Waals surface area (Å²) in [4.78, 5) is 27.3. The fourth-order valence-corrected chi connectivity index (χ4v) is 3.10. The lowest BCUT2D eigenvalue weighted by atomic mass is 10.1. The molecule has 0 heterocycles. The average molecular weight is 443 g/mol. The van der Waals surface area contributed by atoms with Crippen LogP contribution in [0.25, 0.3) is 0 Å². The summed E-state index contributed by atoms with van der Waals surface area (Å²) in [6.07, 6.45) is 1.88. The molecule has 0 spiro atoms. The molecular formula is C25H34N2O5. The van der Waals surface area contributed by atoms with E-state index in [1.807, 2.05) is 31.2 Å². The van der Waals surface area contributed by atoms with Crippen LogP contribution < -0.4 is 19.5 Å². The van der Waals surface area contributed by atoms with E-state index in [2.05, 4.69) is 12.2 Å². The number of hydrogen-bond acceptors (Lipinski definition) is 5. The standard InChI is InChI=1S/C25H34N2O5/c1-6-7-12-26-25(29)19(3)27(16-20-10-8-18(2)9-11-20)24(28)17-32-23-14-21(30-4)13-22(15-23)31-5/h8-11,13-15,19H,6-7,12,16-17H2,1-5H3,(H,26,29)/t19-/m1/s1. The van der Waals surface area contributed by atoms with Gasteiger partial charge in [-0.1, -0.05) is 43.2 Å². The molecule has 0 aliphatic heterocycles. The number of methoxy groups -OCH3 is 2. The Kier molecular flexibility index (Phi) is 9.85. The van der Waals surface area contributed by atoms with Gasteiger partial charge < -0.3 is 24.4 Å². The first-order valence-corrected chi connectivity index (χ1v) is 10.9. The van der Waals surface area contributed by atoms with Gasteiger partial charge in [0.1, 0.15) is 23.3 Å². The third-order valence-corrected chi connectivity index (χ3v) is 5.16. The van der Waals surface area contributed by atoms with Crippen LogP contribution in [0, 0.1) is 6.92 Å². The summed E-state index contributed by atoms with van der Waals surface area (Å²) < 4.78 is 16.2. The van der Waals surface area contributed by atoms with Crippen LogP contribution in [0.15, 0.2) is 42.5 Å². The highest BCUT2D eigenvalue weighted by Crippen LogP contribution is 2.27. The minimum atomic E-state index is -0.635. The highest BCUT2D eigenvalue weighted by atomic mass is 16.5. The Labute approximate surface area is 190 Å². The van der Waals surface area contributed by atoms with Crippen molar-refractivity contribution in [3.63, 3.8) is 0 Å². The van der Waals surface area contributed by atoms with E-state index < -0.39 is 6.04 Å². The van der Waals surface area contributed by atoms with Crippen LogP contribution in [0.5, 0.6) is 17.2 Å². The van der Waals surface area contributed by atoms with E-state index in [9.17, 15) is 9.59 Å². The lowest BCUT2D eigenvalue weighted by Crippen LogP contribution is -2.49. The summed E-state index contributed by atoms with van der Waals surface area (Å²) in [6, 6.07) is 12.4. The zero-order chi connectivity index (χ0) is 23.5. The van der Waals surface area contributed by atoms with E-state index in [0.29, 0.717) is 30.3 Å². The topological polar surface area (TPSA) is 77.1 Å². The predicted molar refractivity (Wildman–Crippen MR) is 124 cm³/mol. The fraction of sp³-hybridized carbons (Fsp3) is 0.440. The van der Waals surface area contributed by atoms with E-state index in [0.717, 1.165) is 24.0 Å². The molecule has 0 aliphatic carbocycles. The Bertz CT molecular complexity index is 860. The van der Waals surface area contributed by atoms with Crippen molar-refractivity contribution in [3.8, 4) is 17.2 Å². The fourth-order valence-electron chi connectivity index (χ4n) is 3.10. The maximum atomic E-state index is 13.1. The molecular weight excluding hydrogens is 408 g/mol. The van der Waals surface area contributed by atoms with Gasteiger partial charge in [0.15, 0.2) is 6.61 Å². The zero-order valence-electron chi connectivity index (χ0n) is 19.6. The molecule has 0 aromatic heterocycles. The Morgan fingerprint density at radius 2 is 1.59 bits per heavy atom. The Balaban J connectivity index is 2.15. The number of nitrogens with one attached hydrogen (secondary N) is 1. The largest absolute Gasteiger partial charge is 0.496 e. The number of benzene rings is 2. The van der Waals surface area contributed by atoms with Gasteiger partial charge in [0.25, 0.3) is 5.91 Å². The number of hydrogen-bond donors (Lipinski definition) is 1. The smallest absolute Gasteiger partial charge is 0.261 e. The lowest BCUT2D eigenvalue weighted by Gasteiger charge is -2.29. The van der Waals surface area contributed by atoms with Crippen molar-refractivity contribution in [3.05, 3.63) is 53.6 Å². The van der Waals surface area contributed by atoms with Crippen molar-refractivity contribution in [1.29, 1.82) is 0 Å². The average Bonchev–Trinajstić information content (AvgIpc) is 2.81. The third kappa shape index (κ3) is 7.48. The number of ether oxygens (including phenoxy) is 3. The van der Waals surface area contributed by atoms with Gasteiger partial charge in [-0.05, 0) is 25.8 Å². The van der Waals surface area contributed by atoms with Crippen LogP contribution in [-0.2, 0) is 16.1 Å². The van der Waals surface area contributed by atoms with Crippen LogP contribution in [0.3, 0.4) is 0 Å². The van der Waals surface area contributed by atoms with Gasteiger partial charge in [0, 0.05) is 31.3 Å². The zero-order valence-corrected chi connectivity index (χ0v) is 19.6. The number of unbranched alkanes of at least 4 members (excludes halogenated alkanes) is 1. The van der Waals surface area contributed by atoms with Crippen molar-refractivity contribution >= 4 is 11.8 Å². The molecule has 0 bridgehead atoms. The molecule has 0 aliphatic rings. The Morgan fingerprint density at radius 1 is 1.00 bits per heavy atom. The first-order chi connectivity index (χ1) is 15.4. The van der Waals surface area contributed by atoms with Gasteiger partial charge in [-0.2, -0.15) is 0 Å². The van der Waals surface area contributed by atoms with Crippen LogP contribution in [-0.4, -0.2) is 50.1 Å². The number of rotatable bonds is 12. The van der Waals surface area contributed by atoms with Gasteiger partial charge in [-0.15, -0.1) is 0 Å². The molecule has 0 unspecified atom stereocenters. The highest BCUT2D eigenvalue weighted by Gasteiger charge is 2.26. The summed E-state index contributed by atoms with van der Waals surface area (Å²) >= 11 is 0. The van der Waals surface area contributed by atoms with Crippen LogP contribution in [0.1, 0.15) is 37.8 Å². The summed E-state index contributed by atoms with van der Waals surface area (Å²) in [7, 11) is 3.09. The van der Waals surface area contributed by atoms with Crippen molar-refractivity contribution in [2.45, 2.75) is 46.2 Å². The number of aryl methyl sites for hydroxylation is 1. The van der Waals surface area contributed by atoms with Gasteiger partial charge >= 0.3 is 0 Å². The van der Waals surface area contributed by atoms with Crippen molar-refractivity contribution in [2.75, 3.05) is 27.4 Å². The van der Waals surface area contributed by atoms with Crippen molar-refractivity contribution < 1.29 is 23.8 Å². The molecule has 174 valence electrons. The molecule has 7 heteroatoms. The van der Waals surface area contributed by atoms with Gasteiger partial charge in [0.05, 0.1) is 14.2 Å². The first-order valence-electron chi connectivity index (χ1n) is 10.9. The van der Waals surface area contributed by atoms with E-state index >= 15 is 0 Å². The van der Waals surface area contributed by atoms with Crippen LogP contribution in [0.4, 0.5) is 0 Å². The molecule has 0 saturated heterocycles. The summed E-state index contributed by atoms with van der Waals surface area (Å²) in [6.45, 7) is 6.50. The molecule has 2 amide bonds. The summed E-state index contributed by atoms with van der Waals surface area (Å²) in [5.41, 5.74) is 2.08. The molecule has 32 heavy (non-hydrogen) atoms. The monoisotopic (exact) mass is 442 g/mol. The SMILES string of the molecule is CCCCNC(=O)[C@@H](C)N(Cc1ccc(C)cc1)C(=O)COc1cc(OC)cc(OC)c1. The van der Waals surface area contributed by atoms with Crippen LogP contribution >= 0.6 is 0 Å². The first kappa shape index (κ1) is 25.0. The highest BCUT2D eigenvalue weighted by molar-refractivity contribution is 5.87. The molecule has 7 nitrogen and oxygen atoms in total. The van der Waals surface area contributed by atoms with E-state index in [4.69, 9.17) is 14.2 Å². The molecule has 2 aromatic rings. The second kappa shape index (κ2) is 12.6. The summed E-state index contributed by atoms with van der Waals surface area (Å²) in [5.74, 6) is 1.11. The number of nitrogens with zero attached hydrogens (tertiary/aromatic N) is 1. The van der Waals surface area contributed by atoms with Gasteiger partial charge in [-0.25, -0.2) is 0 Å². The normalized spacial score (nSPS) is 11.4. The van der Waals surface area contributed by atoms with E-state index in [1.165, 1.54) is 0 Å². The molecule has 0 radical (unpaired) electrons. The van der Waals surface area contributed by atoms with Crippen LogP contribution in [0.2, 0.25) is 0 Å². The van der Waals surface area contributed by atoms with Crippen molar-refractivity contribution in [2.24, 2.45) is 0 Å². The minimum absolute atomic E-state index is 0.179. The summed E-state index contributed by atoms with van der Waals surface area (Å²) in [5, 5.41) is 2.91. The molecule has 1 N–H and O–H groups in total. The lowest BCUT2D eigenvalue weighted by molar-refractivity contribution is -0.142. The van der Waals surface area contributed by atoms with E-state index in [1.54, 1.807) is 44.2 Å². The predicted octanol–water partition coefficient (Wildman–Crippen LogP) is 3.72. The maximum Gasteiger partial charge on any atom is 0.261 e. The second-order valence-corrected chi connectivity index (χ2v) is 7.66. The molecule has 0 fully saturated rings. The second-order valence-electron chi connectivity index (χ2n) is 7.66. The molecule has 1 atom stereocenters. The molecule has 2 aromatic carbocycles. The maximum absolute atomic E-state index is 13.1. The molecule has 2 rings (SSSR count). The van der Waals surface area contributed by atoms with Gasteiger partial charge in [-0.3, -0.25) is 9.59 Å². The Hall–Kier alpha value is -3.22. The minimum Gasteiger partial charge on any atom is -0.496 e. The quantitative estimate of drug-likeness (QED) is 0.507.